The van der Waals surface area contributed by atoms with Crippen LogP contribution in [0.4, 0.5) is 0 Å². The van der Waals surface area contributed by atoms with Crippen molar-refractivity contribution in [2.24, 2.45) is 5.73 Å². The van der Waals surface area contributed by atoms with Gasteiger partial charge in [-0.15, -0.1) is 0 Å². The molecule has 1 aliphatic heterocycles. The number of nitrogens with two attached hydrogens (primary N) is 1. The van der Waals surface area contributed by atoms with Crippen molar-refractivity contribution in [2.75, 3.05) is 26.3 Å². The summed E-state index contributed by atoms with van der Waals surface area (Å²) in [6, 6.07) is 0.662. The summed E-state index contributed by atoms with van der Waals surface area (Å²) in [4.78, 5) is 6.72. The zero-order valence-corrected chi connectivity index (χ0v) is 11.4. The predicted molar refractivity (Wildman–Crippen MR) is 71.3 cm³/mol. The third kappa shape index (κ3) is 2.74. The lowest BCUT2D eigenvalue weighted by molar-refractivity contribution is -0.0223. The van der Waals surface area contributed by atoms with Crippen molar-refractivity contribution in [3.8, 4) is 0 Å². The number of aromatic nitrogens is 2. The molecular weight excluding hydrogens is 228 g/mol. The lowest BCUT2D eigenvalue weighted by Gasteiger charge is -2.39. The first kappa shape index (κ1) is 13.5. The van der Waals surface area contributed by atoms with E-state index in [2.05, 4.69) is 28.3 Å². The molecule has 0 bridgehead atoms. The van der Waals surface area contributed by atoms with Crippen LogP contribution in [-0.4, -0.2) is 46.8 Å². The van der Waals surface area contributed by atoms with Crippen molar-refractivity contribution < 1.29 is 4.74 Å². The second-order valence-corrected chi connectivity index (χ2v) is 4.93. The van der Waals surface area contributed by atoms with Crippen molar-refractivity contribution in [2.45, 2.75) is 38.9 Å². The molecule has 2 rings (SSSR count). The quantitative estimate of drug-likeness (QED) is 0.850. The Morgan fingerprint density at radius 2 is 2.44 bits per heavy atom. The van der Waals surface area contributed by atoms with Gasteiger partial charge in [-0.25, -0.2) is 4.98 Å². The fourth-order valence-electron chi connectivity index (χ4n) is 2.67. The van der Waals surface area contributed by atoms with Crippen molar-refractivity contribution in [1.29, 1.82) is 0 Å². The molecule has 2 N–H and O–H groups in total. The van der Waals surface area contributed by atoms with Gasteiger partial charge in [0.05, 0.1) is 31.3 Å². The molecule has 2 heterocycles. The summed E-state index contributed by atoms with van der Waals surface area (Å²) < 4.78 is 7.72. The van der Waals surface area contributed by atoms with Gasteiger partial charge in [-0.05, 0) is 13.3 Å². The fourth-order valence-corrected chi connectivity index (χ4v) is 2.67. The third-order valence-corrected chi connectivity index (χ3v) is 3.59. The van der Waals surface area contributed by atoms with Gasteiger partial charge in [0.15, 0.2) is 0 Å². The molecule has 0 spiro atoms. The summed E-state index contributed by atoms with van der Waals surface area (Å²) in [7, 11) is 0. The smallest absolute Gasteiger partial charge is 0.0948 e. The van der Waals surface area contributed by atoms with Crippen LogP contribution in [0.2, 0.25) is 0 Å². The van der Waals surface area contributed by atoms with Crippen LogP contribution in [0.3, 0.4) is 0 Å². The summed E-state index contributed by atoms with van der Waals surface area (Å²) in [6.07, 6.45) is 4.97. The predicted octanol–water partition coefficient (Wildman–Crippen LogP) is 1.01. The Kier molecular flexibility index (Phi) is 4.74. The molecule has 0 saturated carbocycles. The van der Waals surface area contributed by atoms with Crippen LogP contribution in [0.15, 0.2) is 12.5 Å². The standard InChI is InChI=1S/C13H24N4O/c1-3-4-16-10-15-8-13(16)12(7-14)17-5-6-18-9-11(17)2/h8,10-12H,3-7,9,14H2,1-2H3. The zero-order valence-electron chi connectivity index (χ0n) is 11.4. The summed E-state index contributed by atoms with van der Waals surface area (Å²) >= 11 is 0. The Hall–Kier alpha value is -0.910. The lowest BCUT2D eigenvalue weighted by Crippen LogP contribution is -2.48. The molecule has 1 aromatic rings. The van der Waals surface area contributed by atoms with Gasteiger partial charge in [0.1, 0.15) is 0 Å². The highest BCUT2D eigenvalue weighted by atomic mass is 16.5. The number of hydrogen-bond acceptors (Lipinski definition) is 4. The average molecular weight is 252 g/mol. The fraction of sp³-hybridized carbons (Fsp3) is 0.769. The summed E-state index contributed by atoms with van der Waals surface area (Å²) in [5.74, 6) is 0. The minimum atomic E-state index is 0.248. The van der Waals surface area contributed by atoms with E-state index in [0.29, 0.717) is 12.6 Å². The number of aryl methyl sites for hydroxylation is 1. The zero-order chi connectivity index (χ0) is 13.0. The van der Waals surface area contributed by atoms with E-state index in [1.807, 2.05) is 12.5 Å². The van der Waals surface area contributed by atoms with Crippen LogP contribution in [-0.2, 0) is 11.3 Å². The largest absolute Gasteiger partial charge is 0.379 e. The highest BCUT2D eigenvalue weighted by molar-refractivity contribution is 5.07. The lowest BCUT2D eigenvalue weighted by atomic mass is 10.1. The molecular formula is C13H24N4O. The molecule has 5 heteroatoms. The molecule has 5 nitrogen and oxygen atoms in total. The topological polar surface area (TPSA) is 56.3 Å². The van der Waals surface area contributed by atoms with E-state index in [4.69, 9.17) is 10.5 Å². The van der Waals surface area contributed by atoms with Crippen LogP contribution in [0, 0.1) is 0 Å². The van der Waals surface area contributed by atoms with E-state index in [1.165, 1.54) is 5.69 Å². The number of morpholine rings is 1. The summed E-state index contributed by atoms with van der Waals surface area (Å²) in [5, 5.41) is 0. The van der Waals surface area contributed by atoms with Gasteiger partial charge in [-0.2, -0.15) is 0 Å². The Bertz CT molecular complexity index is 366. The Labute approximate surface area is 109 Å². The Balaban J connectivity index is 2.18. The number of hydrogen-bond donors (Lipinski definition) is 1. The summed E-state index contributed by atoms with van der Waals surface area (Å²) in [5.41, 5.74) is 7.23. The molecule has 2 atom stereocenters. The van der Waals surface area contributed by atoms with E-state index in [-0.39, 0.29) is 6.04 Å². The molecule has 18 heavy (non-hydrogen) atoms. The maximum atomic E-state index is 6.00. The van der Waals surface area contributed by atoms with E-state index in [1.54, 1.807) is 0 Å². The monoisotopic (exact) mass is 252 g/mol. The van der Waals surface area contributed by atoms with Gasteiger partial charge in [0.25, 0.3) is 0 Å². The number of imidazole rings is 1. The van der Waals surface area contributed by atoms with Crippen LogP contribution < -0.4 is 5.73 Å². The van der Waals surface area contributed by atoms with Gasteiger partial charge in [-0.3, -0.25) is 4.90 Å². The number of ether oxygens (including phenoxy) is 1. The molecule has 1 aromatic heterocycles. The molecule has 102 valence electrons. The third-order valence-electron chi connectivity index (χ3n) is 3.59. The van der Waals surface area contributed by atoms with E-state index in [0.717, 1.165) is 32.7 Å². The normalized spacial score (nSPS) is 23.2. The molecule has 0 aromatic carbocycles. The first-order valence-electron chi connectivity index (χ1n) is 6.81. The number of rotatable bonds is 5. The molecule has 1 fully saturated rings. The minimum absolute atomic E-state index is 0.248. The first-order chi connectivity index (χ1) is 8.77. The molecule has 0 aliphatic carbocycles. The maximum Gasteiger partial charge on any atom is 0.0948 e. The molecule has 0 radical (unpaired) electrons. The Morgan fingerprint density at radius 3 is 3.11 bits per heavy atom. The van der Waals surface area contributed by atoms with E-state index >= 15 is 0 Å². The first-order valence-corrected chi connectivity index (χ1v) is 6.81. The van der Waals surface area contributed by atoms with E-state index < -0.39 is 0 Å². The Morgan fingerprint density at radius 1 is 1.61 bits per heavy atom. The van der Waals surface area contributed by atoms with Crippen LogP contribution in [0.1, 0.15) is 32.0 Å². The summed E-state index contributed by atoms with van der Waals surface area (Å²) in [6.45, 7) is 8.53. The van der Waals surface area contributed by atoms with Gasteiger partial charge >= 0.3 is 0 Å². The molecule has 0 amide bonds. The SMILES string of the molecule is CCCn1cncc1C(CN)N1CCOCC1C. The van der Waals surface area contributed by atoms with Gasteiger partial charge < -0.3 is 15.0 Å². The van der Waals surface area contributed by atoms with Gasteiger partial charge in [0.2, 0.25) is 0 Å². The van der Waals surface area contributed by atoms with E-state index in [9.17, 15) is 0 Å². The highest BCUT2D eigenvalue weighted by Crippen LogP contribution is 2.23. The minimum Gasteiger partial charge on any atom is -0.379 e. The van der Waals surface area contributed by atoms with Crippen LogP contribution >= 0.6 is 0 Å². The highest BCUT2D eigenvalue weighted by Gasteiger charge is 2.28. The maximum absolute atomic E-state index is 6.00. The van der Waals surface area contributed by atoms with Gasteiger partial charge in [0, 0.05) is 31.9 Å². The number of nitrogens with zero attached hydrogens (tertiary/aromatic N) is 3. The van der Waals surface area contributed by atoms with Crippen molar-refractivity contribution in [3.63, 3.8) is 0 Å². The van der Waals surface area contributed by atoms with Crippen LogP contribution in [0.25, 0.3) is 0 Å². The van der Waals surface area contributed by atoms with Crippen molar-refractivity contribution >= 4 is 0 Å². The molecule has 1 aliphatic rings. The van der Waals surface area contributed by atoms with Crippen molar-refractivity contribution in [3.05, 3.63) is 18.2 Å². The second-order valence-electron chi connectivity index (χ2n) is 4.93. The second kappa shape index (κ2) is 6.31. The molecule has 2 unspecified atom stereocenters. The van der Waals surface area contributed by atoms with Gasteiger partial charge in [-0.1, -0.05) is 6.92 Å². The van der Waals surface area contributed by atoms with Crippen LogP contribution in [0.5, 0.6) is 0 Å². The van der Waals surface area contributed by atoms with Crippen molar-refractivity contribution in [1.82, 2.24) is 14.5 Å². The molecule has 1 saturated heterocycles. The average Bonchev–Trinajstić information content (AvgIpc) is 2.82.